The van der Waals surface area contributed by atoms with Gasteiger partial charge in [-0.15, -0.1) is 0 Å². The maximum absolute atomic E-state index is 14.0. The third-order valence-corrected chi connectivity index (χ3v) is 7.22. The number of benzene rings is 3. The first-order valence-electron chi connectivity index (χ1n) is 12.3. The lowest BCUT2D eigenvalue weighted by Crippen LogP contribution is -2.52. The second-order valence-corrected chi connectivity index (χ2v) is 10.2. The van der Waals surface area contributed by atoms with E-state index in [4.69, 9.17) is 23.2 Å². The first-order chi connectivity index (χ1) is 17.2. The molecule has 3 rings (SSSR count). The van der Waals surface area contributed by atoms with Crippen molar-refractivity contribution in [2.24, 2.45) is 0 Å². The Balaban J connectivity index is 2.05. The molecule has 0 fully saturated rings. The molecule has 4 nitrogen and oxygen atoms in total. The Morgan fingerprint density at radius 3 is 2.25 bits per heavy atom. The van der Waals surface area contributed by atoms with Crippen LogP contribution >= 0.6 is 23.2 Å². The van der Waals surface area contributed by atoms with Gasteiger partial charge in [0.05, 0.1) is 6.42 Å². The quantitative estimate of drug-likeness (QED) is 0.320. The number of carbonyl (C=O) groups is 2. The molecule has 0 aliphatic heterocycles. The molecule has 36 heavy (non-hydrogen) atoms. The summed E-state index contributed by atoms with van der Waals surface area (Å²) in [5, 5.41) is 4.02. The maximum Gasteiger partial charge on any atom is 0.243 e. The SMILES string of the molecule is CC[C@H](C)NC(=O)[C@H](Cc1ccccc1)N(Cc1c(Cl)cccc1Cl)C(=O)Cc1cc(C)ccc1C. The van der Waals surface area contributed by atoms with Crippen LogP contribution in [0.2, 0.25) is 10.0 Å². The average molecular weight is 526 g/mol. The van der Waals surface area contributed by atoms with E-state index in [1.807, 2.05) is 76.2 Å². The number of rotatable bonds is 10. The Labute approximate surface area is 224 Å². The monoisotopic (exact) mass is 524 g/mol. The fourth-order valence-corrected chi connectivity index (χ4v) is 4.62. The number of aryl methyl sites for hydroxylation is 2. The van der Waals surface area contributed by atoms with E-state index in [1.165, 1.54) is 0 Å². The predicted molar refractivity (Wildman–Crippen MR) is 148 cm³/mol. The van der Waals surface area contributed by atoms with E-state index in [0.717, 1.165) is 28.7 Å². The summed E-state index contributed by atoms with van der Waals surface area (Å²) < 4.78 is 0. The molecule has 0 heterocycles. The van der Waals surface area contributed by atoms with E-state index < -0.39 is 6.04 Å². The molecule has 0 saturated heterocycles. The van der Waals surface area contributed by atoms with E-state index >= 15 is 0 Å². The first kappa shape index (κ1) is 27.8. The zero-order valence-corrected chi connectivity index (χ0v) is 22.9. The third-order valence-electron chi connectivity index (χ3n) is 6.51. The largest absolute Gasteiger partial charge is 0.352 e. The van der Waals surface area contributed by atoms with Gasteiger partial charge in [0.25, 0.3) is 0 Å². The zero-order valence-electron chi connectivity index (χ0n) is 21.4. The van der Waals surface area contributed by atoms with E-state index in [9.17, 15) is 9.59 Å². The lowest BCUT2D eigenvalue weighted by Gasteiger charge is -2.33. The number of hydrogen-bond acceptors (Lipinski definition) is 2. The van der Waals surface area contributed by atoms with Gasteiger partial charge in [-0.3, -0.25) is 9.59 Å². The fourth-order valence-electron chi connectivity index (χ4n) is 4.10. The normalized spacial score (nSPS) is 12.6. The van der Waals surface area contributed by atoms with Gasteiger partial charge in [-0.1, -0.05) is 90.3 Å². The Hall–Kier alpha value is -2.82. The van der Waals surface area contributed by atoms with Crippen molar-refractivity contribution >= 4 is 35.0 Å². The van der Waals surface area contributed by atoms with Gasteiger partial charge in [-0.25, -0.2) is 0 Å². The summed E-state index contributed by atoms with van der Waals surface area (Å²) in [6, 6.07) is 20.4. The molecule has 3 aromatic carbocycles. The van der Waals surface area contributed by atoms with Crippen LogP contribution < -0.4 is 5.32 Å². The van der Waals surface area contributed by atoms with E-state index in [-0.39, 0.29) is 30.8 Å². The highest BCUT2D eigenvalue weighted by molar-refractivity contribution is 6.36. The van der Waals surface area contributed by atoms with Crippen LogP contribution in [-0.2, 0) is 29.0 Å². The van der Waals surface area contributed by atoms with Crippen molar-refractivity contribution in [2.75, 3.05) is 0 Å². The molecule has 0 aromatic heterocycles. The molecular weight excluding hydrogens is 491 g/mol. The van der Waals surface area contributed by atoms with Crippen molar-refractivity contribution < 1.29 is 9.59 Å². The lowest BCUT2D eigenvalue weighted by molar-refractivity contribution is -0.141. The molecule has 2 amide bonds. The van der Waals surface area contributed by atoms with Gasteiger partial charge >= 0.3 is 0 Å². The van der Waals surface area contributed by atoms with E-state index in [1.54, 1.807) is 23.1 Å². The van der Waals surface area contributed by atoms with Crippen molar-refractivity contribution in [3.05, 3.63) is 105 Å². The predicted octanol–water partition coefficient (Wildman–Crippen LogP) is 6.71. The summed E-state index contributed by atoms with van der Waals surface area (Å²) in [6.45, 7) is 8.11. The smallest absolute Gasteiger partial charge is 0.243 e. The topological polar surface area (TPSA) is 49.4 Å². The molecular formula is C30H34Cl2N2O2. The molecule has 3 aromatic rings. The van der Waals surface area contributed by atoms with Crippen LogP contribution in [0.5, 0.6) is 0 Å². The summed E-state index contributed by atoms with van der Waals surface area (Å²) in [5.41, 5.74) is 4.66. The van der Waals surface area contributed by atoms with Gasteiger partial charge in [-0.2, -0.15) is 0 Å². The molecule has 6 heteroatoms. The van der Waals surface area contributed by atoms with Crippen LogP contribution in [0.4, 0.5) is 0 Å². The number of nitrogens with zero attached hydrogens (tertiary/aromatic N) is 1. The Morgan fingerprint density at radius 1 is 0.944 bits per heavy atom. The minimum atomic E-state index is -0.730. The maximum atomic E-state index is 14.0. The number of carbonyl (C=O) groups excluding carboxylic acids is 2. The Kier molecular flexibility index (Phi) is 9.98. The number of hydrogen-bond donors (Lipinski definition) is 1. The third kappa shape index (κ3) is 7.35. The molecule has 0 unspecified atom stereocenters. The Bertz CT molecular complexity index is 1180. The molecule has 0 bridgehead atoms. The standard InChI is InChI=1S/C30H34Cl2N2O2/c1-5-22(4)33-30(36)28(17-23-10-7-6-8-11-23)34(19-25-26(31)12-9-13-27(25)32)29(35)18-24-16-20(2)14-15-21(24)3/h6-16,22,28H,5,17-19H2,1-4H3,(H,33,36)/t22-,28-/m0/s1. The summed E-state index contributed by atoms with van der Waals surface area (Å²) >= 11 is 13.0. The molecule has 2 atom stereocenters. The highest BCUT2D eigenvalue weighted by Crippen LogP contribution is 2.28. The Morgan fingerprint density at radius 2 is 1.61 bits per heavy atom. The van der Waals surface area contributed by atoms with Crippen molar-refractivity contribution in [3.8, 4) is 0 Å². The molecule has 0 saturated carbocycles. The van der Waals surface area contributed by atoms with Gasteiger partial charge in [0.15, 0.2) is 0 Å². The summed E-state index contributed by atoms with van der Waals surface area (Å²) in [4.78, 5) is 29.2. The van der Waals surface area contributed by atoms with Crippen LogP contribution in [0.15, 0.2) is 66.7 Å². The summed E-state index contributed by atoms with van der Waals surface area (Å²) in [6.07, 6.45) is 1.35. The summed E-state index contributed by atoms with van der Waals surface area (Å²) in [5.74, 6) is -0.342. The molecule has 0 aliphatic rings. The van der Waals surface area contributed by atoms with Crippen LogP contribution in [0.1, 0.15) is 48.1 Å². The van der Waals surface area contributed by atoms with Gasteiger partial charge in [0.1, 0.15) is 6.04 Å². The molecule has 1 N–H and O–H groups in total. The minimum absolute atomic E-state index is 0.0179. The molecule has 0 spiro atoms. The van der Waals surface area contributed by atoms with Gasteiger partial charge in [0, 0.05) is 34.6 Å². The minimum Gasteiger partial charge on any atom is -0.352 e. The van der Waals surface area contributed by atoms with Crippen molar-refractivity contribution in [3.63, 3.8) is 0 Å². The fraction of sp³-hybridized carbons (Fsp3) is 0.333. The first-order valence-corrected chi connectivity index (χ1v) is 13.1. The van der Waals surface area contributed by atoms with Crippen LogP contribution in [0, 0.1) is 13.8 Å². The average Bonchev–Trinajstić information content (AvgIpc) is 2.85. The van der Waals surface area contributed by atoms with Gasteiger partial charge in [-0.05, 0) is 56.0 Å². The van der Waals surface area contributed by atoms with Crippen LogP contribution in [0.25, 0.3) is 0 Å². The highest BCUT2D eigenvalue weighted by atomic mass is 35.5. The number of nitrogens with one attached hydrogen (secondary N) is 1. The van der Waals surface area contributed by atoms with Crippen molar-refractivity contribution in [2.45, 2.75) is 65.6 Å². The van der Waals surface area contributed by atoms with Gasteiger partial charge in [0.2, 0.25) is 11.8 Å². The second-order valence-electron chi connectivity index (χ2n) is 9.35. The number of halogens is 2. The number of amides is 2. The molecule has 0 radical (unpaired) electrons. The van der Waals surface area contributed by atoms with Gasteiger partial charge < -0.3 is 10.2 Å². The second kappa shape index (κ2) is 12.9. The van der Waals surface area contributed by atoms with E-state index in [2.05, 4.69) is 5.32 Å². The van der Waals surface area contributed by atoms with Crippen LogP contribution in [0.3, 0.4) is 0 Å². The highest BCUT2D eigenvalue weighted by Gasteiger charge is 2.32. The molecule has 190 valence electrons. The van der Waals surface area contributed by atoms with E-state index in [0.29, 0.717) is 22.0 Å². The van der Waals surface area contributed by atoms with Crippen LogP contribution in [-0.4, -0.2) is 28.8 Å². The van der Waals surface area contributed by atoms with Crippen molar-refractivity contribution in [1.82, 2.24) is 10.2 Å². The zero-order chi connectivity index (χ0) is 26.2. The van der Waals surface area contributed by atoms with Crippen molar-refractivity contribution in [1.29, 1.82) is 0 Å². The summed E-state index contributed by atoms with van der Waals surface area (Å²) in [7, 11) is 0. The lowest BCUT2D eigenvalue weighted by atomic mass is 9.99. The molecule has 0 aliphatic carbocycles.